The molecular formula is C12H13N7O2S. The summed E-state index contributed by atoms with van der Waals surface area (Å²) in [4.78, 5) is 16.3. The largest absolute Gasteiger partial charge is 0.460 e. The molecule has 3 rings (SSSR count). The molecule has 0 saturated carbocycles. The standard InChI is InChI=1S/C12H13N7O2S/c1-2-10-7-22-12(15-10)19-6-9(5-14-19)11(20)21-4-3-18-8-13-16-17-18/h5-8H,2-4H2,1H3. The molecular weight excluding hydrogens is 306 g/mol. The predicted octanol–water partition coefficient (Wildman–Crippen LogP) is 0.735. The summed E-state index contributed by atoms with van der Waals surface area (Å²) in [5, 5.41) is 17.5. The van der Waals surface area contributed by atoms with Gasteiger partial charge in [-0.05, 0) is 16.8 Å². The Kier molecular flexibility index (Phi) is 4.19. The second-order valence-corrected chi connectivity index (χ2v) is 5.19. The Bertz CT molecular complexity index is 749. The molecule has 0 spiro atoms. The van der Waals surface area contributed by atoms with Crippen molar-refractivity contribution in [1.82, 2.24) is 35.0 Å². The first-order valence-corrected chi connectivity index (χ1v) is 7.51. The first kappa shape index (κ1) is 14.3. The van der Waals surface area contributed by atoms with Gasteiger partial charge >= 0.3 is 5.97 Å². The molecule has 0 aliphatic carbocycles. The van der Waals surface area contributed by atoms with Gasteiger partial charge in [0.25, 0.3) is 0 Å². The van der Waals surface area contributed by atoms with Crippen molar-refractivity contribution in [2.75, 3.05) is 6.61 Å². The minimum absolute atomic E-state index is 0.187. The summed E-state index contributed by atoms with van der Waals surface area (Å²) in [6, 6.07) is 0. The fraction of sp³-hybridized carbons (Fsp3) is 0.333. The number of carbonyl (C=O) groups is 1. The first-order chi connectivity index (χ1) is 10.8. The van der Waals surface area contributed by atoms with Gasteiger partial charge in [-0.3, -0.25) is 0 Å². The van der Waals surface area contributed by atoms with E-state index in [2.05, 4.69) is 25.6 Å². The number of esters is 1. The Morgan fingerprint density at radius 1 is 1.45 bits per heavy atom. The molecule has 0 bridgehead atoms. The van der Waals surface area contributed by atoms with E-state index in [1.165, 1.54) is 28.5 Å². The molecule has 0 aliphatic rings. The fourth-order valence-corrected chi connectivity index (χ4v) is 2.53. The van der Waals surface area contributed by atoms with Gasteiger partial charge in [-0.2, -0.15) is 5.10 Å². The third-order valence-electron chi connectivity index (χ3n) is 2.86. The van der Waals surface area contributed by atoms with Crippen LogP contribution in [0, 0.1) is 0 Å². The molecule has 0 aromatic carbocycles. The highest BCUT2D eigenvalue weighted by molar-refractivity contribution is 7.12. The highest BCUT2D eigenvalue weighted by Gasteiger charge is 2.12. The molecule has 0 atom stereocenters. The van der Waals surface area contributed by atoms with Crippen LogP contribution in [0.1, 0.15) is 23.0 Å². The first-order valence-electron chi connectivity index (χ1n) is 6.63. The smallest absolute Gasteiger partial charge is 0.341 e. The van der Waals surface area contributed by atoms with Crippen LogP contribution in [0.5, 0.6) is 0 Å². The third-order valence-corrected chi connectivity index (χ3v) is 3.74. The number of thiazole rings is 1. The van der Waals surface area contributed by atoms with Crippen LogP contribution in [0.15, 0.2) is 24.1 Å². The monoisotopic (exact) mass is 319 g/mol. The van der Waals surface area contributed by atoms with E-state index in [1.54, 1.807) is 10.9 Å². The summed E-state index contributed by atoms with van der Waals surface area (Å²) in [6.07, 6.45) is 5.40. The molecule has 0 N–H and O–H groups in total. The van der Waals surface area contributed by atoms with E-state index in [0.717, 1.165) is 17.2 Å². The van der Waals surface area contributed by atoms with Crippen LogP contribution in [0.4, 0.5) is 0 Å². The van der Waals surface area contributed by atoms with Gasteiger partial charge in [0.1, 0.15) is 12.9 Å². The van der Waals surface area contributed by atoms with Gasteiger partial charge in [0.15, 0.2) is 0 Å². The van der Waals surface area contributed by atoms with Gasteiger partial charge in [-0.1, -0.05) is 6.92 Å². The lowest BCUT2D eigenvalue weighted by Gasteiger charge is -2.01. The molecule has 114 valence electrons. The van der Waals surface area contributed by atoms with Gasteiger partial charge in [0.2, 0.25) is 5.13 Å². The van der Waals surface area contributed by atoms with Crippen molar-refractivity contribution in [3.8, 4) is 5.13 Å². The van der Waals surface area contributed by atoms with Crippen LogP contribution in [-0.4, -0.2) is 47.5 Å². The summed E-state index contributed by atoms with van der Waals surface area (Å²) in [5.74, 6) is -0.438. The molecule has 9 nitrogen and oxygen atoms in total. The molecule has 0 amide bonds. The molecule has 0 aliphatic heterocycles. The number of carbonyl (C=O) groups excluding carboxylic acids is 1. The lowest BCUT2D eigenvalue weighted by molar-refractivity contribution is 0.0487. The number of rotatable bonds is 6. The maximum absolute atomic E-state index is 11.9. The second kappa shape index (κ2) is 6.43. The lowest BCUT2D eigenvalue weighted by atomic mass is 10.4. The zero-order chi connectivity index (χ0) is 15.4. The number of aryl methyl sites for hydroxylation is 1. The maximum Gasteiger partial charge on any atom is 0.341 e. The molecule has 0 saturated heterocycles. The van der Waals surface area contributed by atoms with Crippen LogP contribution in [0.25, 0.3) is 5.13 Å². The van der Waals surface area contributed by atoms with Crippen LogP contribution < -0.4 is 0 Å². The Hall–Kier alpha value is -2.62. The SMILES string of the molecule is CCc1csc(-n2cc(C(=O)OCCn3cnnn3)cn2)n1. The third kappa shape index (κ3) is 3.17. The molecule has 22 heavy (non-hydrogen) atoms. The van der Waals surface area contributed by atoms with E-state index in [-0.39, 0.29) is 6.61 Å². The van der Waals surface area contributed by atoms with E-state index in [4.69, 9.17) is 4.74 Å². The van der Waals surface area contributed by atoms with Crippen molar-refractivity contribution in [3.05, 3.63) is 35.4 Å². The quantitative estimate of drug-likeness (QED) is 0.617. The van der Waals surface area contributed by atoms with Gasteiger partial charge in [-0.25, -0.2) is 19.1 Å². The summed E-state index contributed by atoms with van der Waals surface area (Å²) < 4.78 is 8.21. The van der Waals surface area contributed by atoms with Crippen molar-refractivity contribution in [2.24, 2.45) is 0 Å². The predicted molar refractivity (Wildman–Crippen MR) is 76.7 cm³/mol. The fourth-order valence-electron chi connectivity index (χ4n) is 1.69. The number of hydrogen-bond acceptors (Lipinski definition) is 8. The average Bonchev–Trinajstić information content (AvgIpc) is 3.27. The Morgan fingerprint density at radius 2 is 2.36 bits per heavy atom. The Labute approximate surface area is 129 Å². The molecule has 10 heteroatoms. The number of hydrogen-bond donors (Lipinski definition) is 0. The molecule has 3 aromatic rings. The van der Waals surface area contributed by atoms with Crippen molar-refractivity contribution in [3.63, 3.8) is 0 Å². The average molecular weight is 319 g/mol. The van der Waals surface area contributed by atoms with Gasteiger partial charge in [-0.15, -0.1) is 16.4 Å². The van der Waals surface area contributed by atoms with Gasteiger partial charge < -0.3 is 4.74 Å². The highest BCUT2D eigenvalue weighted by atomic mass is 32.1. The van der Waals surface area contributed by atoms with Crippen LogP contribution in [-0.2, 0) is 17.7 Å². The number of tetrazole rings is 1. The van der Waals surface area contributed by atoms with Crippen LogP contribution in [0.2, 0.25) is 0 Å². The Balaban J connectivity index is 1.59. The Morgan fingerprint density at radius 3 is 3.09 bits per heavy atom. The maximum atomic E-state index is 11.9. The lowest BCUT2D eigenvalue weighted by Crippen LogP contribution is -2.11. The molecule has 0 unspecified atom stereocenters. The number of aromatic nitrogens is 7. The molecule has 3 heterocycles. The van der Waals surface area contributed by atoms with E-state index in [1.807, 2.05) is 12.3 Å². The van der Waals surface area contributed by atoms with Crippen LogP contribution >= 0.6 is 11.3 Å². The van der Waals surface area contributed by atoms with Gasteiger partial charge in [0.05, 0.1) is 24.0 Å². The van der Waals surface area contributed by atoms with E-state index in [9.17, 15) is 4.79 Å². The van der Waals surface area contributed by atoms with E-state index in [0.29, 0.717) is 12.1 Å². The van der Waals surface area contributed by atoms with Gasteiger partial charge in [0, 0.05) is 11.6 Å². The minimum Gasteiger partial charge on any atom is -0.460 e. The molecule has 0 fully saturated rings. The zero-order valence-electron chi connectivity index (χ0n) is 11.8. The van der Waals surface area contributed by atoms with Crippen molar-refractivity contribution >= 4 is 17.3 Å². The molecule has 3 aromatic heterocycles. The van der Waals surface area contributed by atoms with Crippen molar-refractivity contribution in [1.29, 1.82) is 0 Å². The number of nitrogens with zero attached hydrogens (tertiary/aromatic N) is 7. The minimum atomic E-state index is -0.438. The van der Waals surface area contributed by atoms with E-state index < -0.39 is 5.97 Å². The zero-order valence-corrected chi connectivity index (χ0v) is 12.6. The summed E-state index contributed by atoms with van der Waals surface area (Å²) in [6.45, 7) is 2.63. The second-order valence-electron chi connectivity index (χ2n) is 4.36. The summed E-state index contributed by atoms with van der Waals surface area (Å²) in [5.41, 5.74) is 1.38. The van der Waals surface area contributed by atoms with E-state index >= 15 is 0 Å². The number of ether oxygens (including phenoxy) is 1. The van der Waals surface area contributed by atoms with Crippen LogP contribution in [0.3, 0.4) is 0 Å². The van der Waals surface area contributed by atoms with Crippen molar-refractivity contribution < 1.29 is 9.53 Å². The van der Waals surface area contributed by atoms with Crippen molar-refractivity contribution in [2.45, 2.75) is 19.9 Å². The topological polar surface area (TPSA) is 101 Å². The highest BCUT2D eigenvalue weighted by Crippen LogP contribution is 2.15. The summed E-state index contributed by atoms with van der Waals surface area (Å²) >= 11 is 1.48. The normalized spacial score (nSPS) is 10.8. The summed E-state index contributed by atoms with van der Waals surface area (Å²) in [7, 11) is 0. The molecule has 0 radical (unpaired) electrons.